The van der Waals surface area contributed by atoms with Crippen LogP contribution in [0.15, 0.2) is 29.2 Å². The van der Waals surface area contributed by atoms with E-state index in [1.54, 1.807) is 25.2 Å². The number of nitrogens with zero attached hydrogens (tertiary/aromatic N) is 1. The van der Waals surface area contributed by atoms with Gasteiger partial charge in [-0.05, 0) is 19.5 Å². The van der Waals surface area contributed by atoms with E-state index in [9.17, 15) is 14.3 Å². The van der Waals surface area contributed by atoms with Gasteiger partial charge in [0.2, 0.25) is 0 Å². The largest absolute Gasteiger partial charge is 0.380 e. The molecule has 3 atom stereocenters. The zero-order valence-electron chi connectivity index (χ0n) is 10.6. The summed E-state index contributed by atoms with van der Waals surface area (Å²) in [6.07, 6.45) is 0.757. The van der Waals surface area contributed by atoms with Crippen LogP contribution in [0.1, 0.15) is 6.42 Å². The molecule has 1 saturated heterocycles. The predicted octanol–water partition coefficient (Wildman–Crippen LogP) is 1.08. The minimum Gasteiger partial charge on any atom is -0.380 e. The number of hydrogen-bond donors (Lipinski definition) is 1. The Labute approximate surface area is 113 Å². The van der Waals surface area contributed by atoms with E-state index in [4.69, 9.17) is 4.74 Å². The Morgan fingerprint density at radius 3 is 2.89 bits per heavy atom. The first-order valence-corrected chi connectivity index (χ1v) is 7.25. The smallest absolute Gasteiger partial charge is 0.285 e. The van der Waals surface area contributed by atoms with Crippen LogP contribution in [-0.2, 0) is 15.5 Å². The zero-order valence-corrected chi connectivity index (χ0v) is 11.4. The third-order valence-electron chi connectivity index (χ3n) is 3.23. The molecule has 1 aromatic rings. The van der Waals surface area contributed by atoms with Crippen LogP contribution in [0.25, 0.3) is 0 Å². The number of hydrogen-bond acceptors (Lipinski definition) is 5. The van der Waals surface area contributed by atoms with Gasteiger partial charge >= 0.3 is 0 Å². The Bertz CT molecular complexity index is 494. The average Bonchev–Trinajstić information content (AvgIpc) is 2.46. The maximum Gasteiger partial charge on any atom is 0.285 e. The highest BCUT2D eigenvalue weighted by Crippen LogP contribution is 2.26. The summed E-state index contributed by atoms with van der Waals surface area (Å²) in [7, 11) is 0.344. The van der Waals surface area contributed by atoms with E-state index in [0.29, 0.717) is 13.2 Å². The number of para-hydroxylation sites is 1. The van der Waals surface area contributed by atoms with Crippen LogP contribution in [0, 0.1) is 10.1 Å². The predicted molar refractivity (Wildman–Crippen MR) is 71.6 cm³/mol. The fraction of sp³-hybridized carbons (Fsp3) is 0.500. The van der Waals surface area contributed by atoms with Crippen LogP contribution < -0.4 is 5.32 Å². The van der Waals surface area contributed by atoms with Gasteiger partial charge in [-0.3, -0.25) is 14.3 Å². The number of ether oxygens (including phenoxy) is 1. The van der Waals surface area contributed by atoms with Crippen molar-refractivity contribution in [1.82, 2.24) is 5.32 Å². The highest BCUT2D eigenvalue weighted by molar-refractivity contribution is 7.86. The maximum absolute atomic E-state index is 12.6. The lowest BCUT2D eigenvalue weighted by Gasteiger charge is -2.30. The van der Waals surface area contributed by atoms with Crippen LogP contribution in [0.2, 0.25) is 0 Å². The molecule has 104 valence electrons. The first-order valence-electron chi connectivity index (χ1n) is 6.04. The number of benzene rings is 1. The van der Waals surface area contributed by atoms with Gasteiger partial charge in [-0.1, -0.05) is 12.1 Å². The molecule has 19 heavy (non-hydrogen) atoms. The normalized spacial score (nSPS) is 24.9. The number of nitro groups is 1. The fourth-order valence-electron chi connectivity index (χ4n) is 2.19. The molecule has 1 heterocycles. The van der Waals surface area contributed by atoms with Gasteiger partial charge in [-0.25, -0.2) is 0 Å². The van der Waals surface area contributed by atoms with Gasteiger partial charge in [0.05, 0.1) is 27.6 Å². The van der Waals surface area contributed by atoms with E-state index < -0.39 is 15.7 Å². The molecule has 0 aromatic heterocycles. The Morgan fingerprint density at radius 1 is 1.47 bits per heavy atom. The monoisotopic (exact) mass is 284 g/mol. The van der Waals surface area contributed by atoms with Crippen molar-refractivity contribution in [1.29, 1.82) is 0 Å². The standard InChI is InChI=1S/C12H16N2O4S/c1-13-9-6-7-18-8-12(9)19(17)11-5-3-2-4-10(11)14(15)16/h2-5,9,12-13H,6-8H2,1H3. The van der Waals surface area contributed by atoms with Crippen LogP contribution in [0.5, 0.6) is 0 Å². The lowest BCUT2D eigenvalue weighted by atomic mass is 10.1. The molecule has 7 heteroatoms. The molecular weight excluding hydrogens is 268 g/mol. The Morgan fingerprint density at radius 2 is 2.21 bits per heavy atom. The topological polar surface area (TPSA) is 81.5 Å². The van der Waals surface area contributed by atoms with Crippen molar-refractivity contribution in [3.05, 3.63) is 34.4 Å². The summed E-state index contributed by atoms with van der Waals surface area (Å²) >= 11 is 0. The molecule has 2 rings (SSSR count). The van der Waals surface area contributed by atoms with Gasteiger partial charge in [0.25, 0.3) is 5.69 Å². The van der Waals surface area contributed by atoms with Crippen LogP contribution in [-0.4, -0.2) is 40.7 Å². The van der Waals surface area contributed by atoms with Gasteiger partial charge in [0.1, 0.15) is 4.90 Å². The van der Waals surface area contributed by atoms with Gasteiger partial charge in [0, 0.05) is 18.7 Å². The van der Waals surface area contributed by atoms with Crippen molar-refractivity contribution in [2.45, 2.75) is 22.6 Å². The lowest BCUT2D eigenvalue weighted by Crippen LogP contribution is -2.47. The minimum absolute atomic E-state index is 0.0504. The molecule has 0 radical (unpaired) electrons. The Hall–Kier alpha value is -1.31. The molecular formula is C12H16N2O4S. The molecule has 1 aliphatic heterocycles. The van der Waals surface area contributed by atoms with E-state index in [-0.39, 0.29) is 21.9 Å². The van der Waals surface area contributed by atoms with Crippen molar-refractivity contribution in [3.63, 3.8) is 0 Å². The third kappa shape index (κ3) is 2.99. The summed E-state index contributed by atoms with van der Waals surface area (Å²) in [5.41, 5.74) is -0.0961. The third-order valence-corrected chi connectivity index (χ3v) is 5.02. The van der Waals surface area contributed by atoms with Crippen molar-refractivity contribution < 1.29 is 13.9 Å². The molecule has 3 unspecified atom stereocenters. The Balaban J connectivity index is 2.30. The molecule has 1 aliphatic rings. The van der Waals surface area contributed by atoms with E-state index in [1.807, 2.05) is 0 Å². The zero-order chi connectivity index (χ0) is 13.8. The molecule has 1 aromatic carbocycles. The van der Waals surface area contributed by atoms with Crippen molar-refractivity contribution >= 4 is 16.5 Å². The van der Waals surface area contributed by atoms with Crippen molar-refractivity contribution in [3.8, 4) is 0 Å². The SMILES string of the molecule is CNC1CCOCC1S(=O)c1ccccc1[N+](=O)[O-]. The minimum atomic E-state index is -1.46. The maximum atomic E-state index is 12.6. The second kappa shape index (κ2) is 6.23. The first-order chi connectivity index (χ1) is 9.15. The van der Waals surface area contributed by atoms with Crippen LogP contribution in [0.3, 0.4) is 0 Å². The quantitative estimate of drug-likeness (QED) is 0.661. The average molecular weight is 284 g/mol. The molecule has 1 N–H and O–H groups in total. The fourth-order valence-corrected chi connectivity index (χ4v) is 3.87. The lowest BCUT2D eigenvalue weighted by molar-refractivity contribution is -0.387. The molecule has 0 bridgehead atoms. The highest BCUT2D eigenvalue weighted by Gasteiger charge is 2.33. The summed E-state index contributed by atoms with van der Waals surface area (Å²) in [6, 6.07) is 6.22. The summed E-state index contributed by atoms with van der Waals surface area (Å²) in [4.78, 5) is 10.8. The molecule has 0 aliphatic carbocycles. The van der Waals surface area contributed by atoms with Gasteiger partial charge in [-0.15, -0.1) is 0 Å². The molecule has 0 amide bonds. The van der Waals surface area contributed by atoms with E-state index >= 15 is 0 Å². The highest BCUT2D eigenvalue weighted by atomic mass is 32.2. The summed E-state index contributed by atoms with van der Waals surface area (Å²) < 4.78 is 17.9. The molecule has 6 nitrogen and oxygen atoms in total. The van der Waals surface area contributed by atoms with E-state index in [1.165, 1.54) is 6.07 Å². The van der Waals surface area contributed by atoms with Crippen LogP contribution in [0.4, 0.5) is 5.69 Å². The molecule has 0 saturated carbocycles. The number of nitro benzene ring substituents is 1. The Kier molecular flexibility index (Phi) is 4.62. The molecule has 1 fully saturated rings. The molecule has 0 spiro atoms. The van der Waals surface area contributed by atoms with Gasteiger partial charge in [0.15, 0.2) is 0 Å². The summed E-state index contributed by atoms with van der Waals surface area (Å²) in [6.45, 7) is 0.972. The van der Waals surface area contributed by atoms with E-state index in [2.05, 4.69) is 5.32 Å². The number of rotatable bonds is 4. The van der Waals surface area contributed by atoms with Crippen molar-refractivity contribution in [2.24, 2.45) is 0 Å². The summed E-state index contributed by atoms with van der Waals surface area (Å²) in [5, 5.41) is 13.8. The van der Waals surface area contributed by atoms with Crippen LogP contribution >= 0.6 is 0 Å². The second-order valence-corrected chi connectivity index (χ2v) is 5.96. The van der Waals surface area contributed by atoms with Crippen molar-refractivity contribution in [2.75, 3.05) is 20.3 Å². The number of nitrogens with one attached hydrogen (secondary N) is 1. The first kappa shape index (κ1) is 14.1. The second-order valence-electron chi connectivity index (χ2n) is 4.32. The summed E-state index contributed by atoms with van der Waals surface area (Å²) in [5.74, 6) is 0. The van der Waals surface area contributed by atoms with Gasteiger partial charge < -0.3 is 10.1 Å². The van der Waals surface area contributed by atoms with E-state index in [0.717, 1.165) is 6.42 Å². The van der Waals surface area contributed by atoms with Gasteiger partial charge in [-0.2, -0.15) is 0 Å².